The molecule has 0 amide bonds. The van der Waals surface area contributed by atoms with Crippen LogP contribution < -0.4 is 4.57 Å². The summed E-state index contributed by atoms with van der Waals surface area (Å²) in [6, 6.07) is 2.01. The molecule has 0 atom stereocenters. The fourth-order valence-electron chi connectivity index (χ4n) is 1.75. The zero-order valence-corrected chi connectivity index (χ0v) is 9.52. The highest BCUT2D eigenvalue weighted by atomic mass is 15.4. The minimum Gasteiger partial charge on any atom is -0.264 e. The molecule has 2 rings (SSSR count). The van der Waals surface area contributed by atoms with Crippen LogP contribution in [0.1, 0.15) is 11.4 Å². The van der Waals surface area contributed by atoms with Crippen LogP contribution in [0, 0.1) is 13.8 Å². The Balaban J connectivity index is 2.69. The van der Waals surface area contributed by atoms with Gasteiger partial charge in [-0.15, -0.1) is 4.68 Å². The maximum Gasteiger partial charge on any atom is 0.274 e. The first-order valence-corrected chi connectivity index (χ1v) is 4.92. The second kappa shape index (κ2) is 3.46. The van der Waals surface area contributed by atoms with E-state index in [-0.39, 0.29) is 0 Å². The molecule has 0 bridgehead atoms. The van der Waals surface area contributed by atoms with Gasteiger partial charge < -0.3 is 0 Å². The predicted molar refractivity (Wildman–Crippen MR) is 57.1 cm³/mol. The van der Waals surface area contributed by atoms with E-state index in [9.17, 15) is 0 Å². The third kappa shape index (κ3) is 1.52. The first-order valence-electron chi connectivity index (χ1n) is 4.92. The molecule has 2 aromatic heterocycles. The van der Waals surface area contributed by atoms with Crippen molar-refractivity contribution in [3.63, 3.8) is 0 Å². The van der Waals surface area contributed by atoms with Gasteiger partial charge in [0.25, 0.3) is 11.6 Å². The lowest BCUT2D eigenvalue weighted by atomic mass is 10.1. The third-order valence-corrected chi connectivity index (χ3v) is 2.68. The molecule has 0 spiro atoms. The lowest BCUT2D eigenvalue weighted by Crippen LogP contribution is -2.32. The first kappa shape index (κ1) is 9.83. The summed E-state index contributed by atoms with van der Waals surface area (Å²) < 4.78 is 3.96. The molecule has 0 unspecified atom stereocenters. The average Bonchev–Trinajstić information content (AvgIpc) is 2.43. The SMILES string of the molecule is Cc1ccncc1-c1n(C)nc(C)[n+]1C. The van der Waals surface area contributed by atoms with Crippen LogP contribution in [0.25, 0.3) is 11.4 Å². The van der Waals surface area contributed by atoms with Gasteiger partial charge in [0.1, 0.15) is 0 Å². The van der Waals surface area contributed by atoms with E-state index >= 15 is 0 Å². The Labute approximate surface area is 89.2 Å². The van der Waals surface area contributed by atoms with Crippen molar-refractivity contribution in [2.24, 2.45) is 14.1 Å². The molecule has 0 fully saturated rings. The van der Waals surface area contributed by atoms with Gasteiger partial charge in [-0.3, -0.25) is 4.98 Å². The van der Waals surface area contributed by atoms with Crippen molar-refractivity contribution < 1.29 is 4.57 Å². The van der Waals surface area contributed by atoms with Gasteiger partial charge in [0.15, 0.2) is 0 Å². The highest BCUT2D eigenvalue weighted by molar-refractivity contribution is 5.55. The Morgan fingerprint density at radius 2 is 2.07 bits per heavy atom. The fourth-order valence-corrected chi connectivity index (χ4v) is 1.75. The van der Waals surface area contributed by atoms with E-state index in [1.54, 1.807) is 0 Å². The third-order valence-electron chi connectivity index (χ3n) is 2.68. The van der Waals surface area contributed by atoms with Crippen LogP contribution >= 0.6 is 0 Å². The number of hydrogen-bond acceptors (Lipinski definition) is 2. The van der Waals surface area contributed by atoms with Crippen LogP contribution in [0.3, 0.4) is 0 Å². The van der Waals surface area contributed by atoms with Gasteiger partial charge >= 0.3 is 0 Å². The highest BCUT2D eigenvalue weighted by Gasteiger charge is 2.20. The minimum absolute atomic E-state index is 0.996. The Bertz CT molecular complexity index is 499. The number of pyridine rings is 1. The van der Waals surface area contributed by atoms with Crippen LogP contribution in [-0.2, 0) is 14.1 Å². The van der Waals surface area contributed by atoms with Crippen LogP contribution in [-0.4, -0.2) is 14.8 Å². The number of rotatable bonds is 1. The maximum absolute atomic E-state index is 4.38. The second-order valence-corrected chi connectivity index (χ2v) is 3.74. The molecule has 0 saturated heterocycles. The minimum atomic E-state index is 0.996. The molecule has 78 valence electrons. The van der Waals surface area contributed by atoms with E-state index in [2.05, 4.69) is 21.6 Å². The predicted octanol–water partition coefficient (Wildman–Crippen LogP) is 0.923. The largest absolute Gasteiger partial charge is 0.274 e. The topological polar surface area (TPSA) is 34.6 Å². The summed E-state index contributed by atoms with van der Waals surface area (Å²) in [6.45, 7) is 4.08. The van der Waals surface area contributed by atoms with Crippen molar-refractivity contribution in [2.45, 2.75) is 13.8 Å². The van der Waals surface area contributed by atoms with Gasteiger partial charge in [-0.1, -0.05) is 0 Å². The van der Waals surface area contributed by atoms with Gasteiger partial charge in [0, 0.05) is 24.4 Å². The van der Waals surface area contributed by atoms with Crippen LogP contribution in [0.4, 0.5) is 0 Å². The Hall–Kier alpha value is -1.71. The smallest absolute Gasteiger partial charge is 0.264 e. The van der Waals surface area contributed by atoms with E-state index in [4.69, 9.17) is 0 Å². The average molecular weight is 203 g/mol. The molecule has 0 aliphatic rings. The van der Waals surface area contributed by atoms with E-state index in [0.29, 0.717) is 0 Å². The standard InChI is InChI=1S/C11H15N4/c1-8-5-6-12-7-10(8)11-14(3)9(2)13-15(11)4/h5-7H,1-4H3/q+1. The van der Waals surface area contributed by atoms with Crippen LogP contribution in [0.5, 0.6) is 0 Å². The van der Waals surface area contributed by atoms with E-state index < -0.39 is 0 Å². The van der Waals surface area contributed by atoms with Crippen molar-refractivity contribution >= 4 is 0 Å². The Kier molecular flexibility index (Phi) is 2.26. The Morgan fingerprint density at radius 1 is 1.33 bits per heavy atom. The molecule has 0 aromatic carbocycles. The van der Waals surface area contributed by atoms with E-state index in [1.165, 1.54) is 5.56 Å². The fraction of sp³-hybridized carbons (Fsp3) is 0.364. The van der Waals surface area contributed by atoms with Crippen LogP contribution in [0.15, 0.2) is 18.5 Å². The zero-order valence-electron chi connectivity index (χ0n) is 9.52. The quantitative estimate of drug-likeness (QED) is 0.646. The summed E-state index contributed by atoms with van der Waals surface area (Å²) in [5.41, 5.74) is 2.34. The molecule has 4 heteroatoms. The highest BCUT2D eigenvalue weighted by Crippen LogP contribution is 2.17. The molecular formula is C11H15N4+. The molecule has 0 aliphatic heterocycles. The Morgan fingerprint density at radius 3 is 2.60 bits per heavy atom. The normalized spacial score (nSPS) is 10.7. The summed E-state index contributed by atoms with van der Waals surface area (Å²) in [4.78, 5) is 4.16. The summed E-state index contributed by atoms with van der Waals surface area (Å²) in [5.74, 6) is 2.08. The van der Waals surface area contributed by atoms with Gasteiger partial charge in [0.2, 0.25) is 0 Å². The van der Waals surface area contributed by atoms with E-state index in [1.807, 2.05) is 44.2 Å². The summed E-state index contributed by atoms with van der Waals surface area (Å²) >= 11 is 0. The molecule has 15 heavy (non-hydrogen) atoms. The van der Waals surface area contributed by atoms with Crippen molar-refractivity contribution in [2.75, 3.05) is 0 Å². The number of nitrogens with zero attached hydrogens (tertiary/aromatic N) is 4. The summed E-state index contributed by atoms with van der Waals surface area (Å²) in [6.07, 6.45) is 3.69. The van der Waals surface area contributed by atoms with Crippen molar-refractivity contribution in [1.29, 1.82) is 0 Å². The monoisotopic (exact) mass is 203 g/mol. The molecule has 0 N–H and O–H groups in total. The maximum atomic E-state index is 4.38. The number of aryl methyl sites for hydroxylation is 3. The van der Waals surface area contributed by atoms with E-state index in [0.717, 1.165) is 17.2 Å². The van der Waals surface area contributed by atoms with Gasteiger partial charge in [-0.25, -0.2) is 4.57 Å². The van der Waals surface area contributed by atoms with Crippen molar-refractivity contribution in [1.82, 2.24) is 14.8 Å². The molecule has 4 nitrogen and oxygen atoms in total. The zero-order chi connectivity index (χ0) is 11.0. The van der Waals surface area contributed by atoms with Crippen molar-refractivity contribution in [3.05, 3.63) is 29.8 Å². The molecule has 2 heterocycles. The van der Waals surface area contributed by atoms with Gasteiger partial charge in [-0.2, -0.15) is 0 Å². The van der Waals surface area contributed by atoms with Gasteiger partial charge in [0.05, 0.1) is 19.7 Å². The van der Waals surface area contributed by atoms with Gasteiger partial charge in [-0.05, 0) is 18.6 Å². The molecular weight excluding hydrogens is 188 g/mol. The molecule has 0 aliphatic carbocycles. The molecule has 0 saturated carbocycles. The lowest BCUT2D eigenvalue weighted by Gasteiger charge is -2.01. The first-order chi connectivity index (χ1) is 7.11. The molecule has 0 radical (unpaired) electrons. The lowest BCUT2D eigenvalue weighted by molar-refractivity contribution is -0.667. The number of aromatic nitrogens is 4. The van der Waals surface area contributed by atoms with Crippen LogP contribution in [0.2, 0.25) is 0 Å². The van der Waals surface area contributed by atoms with Crippen molar-refractivity contribution in [3.8, 4) is 11.4 Å². The second-order valence-electron chi connectivity index (χ2n) is 3.74. The summed E-state index contributed by atoms with van der Waals surface area (Å²) in [7, 11) is 3.97. The number of hydrogen-bond donors (Lipinski definition) is 0. The summed E-state index contributed by atoms with van der Waals surface area (Å²) in [5, 5.41) is 4.38. The molecule has 2 aromatic rings.